The first-order valence-corrected chi connectivity index (χ1v) is 11.8. The normalized spacial score (nSPS) is 25.0. The smallest absolute Gasteiger partial charge is 0.254 e. The Morgan fingerprint density at radius 3 is 2.76 bits per heavy atom. The molecule has 0 N–H and O–H groups in total. The topological polar surface area (TPSA) is 58.5 Å². The van der Waals surface area contributed by atoms with Crippen molar-refractivity contribution < 1.29 is 4.79 Å². The fourth-order valence-electron chi connectivity index (χ4n) is 6.00. The van der Waals surface area contributed by atoms with Crippen LogP contribution in [-0.2, 0) is 18.3 Å². The number of carbonyl (C=O) groups excluding carboxylic acids is 1. The third-order valence-corrected chi connectivity index (χ3v) is 8.23. The van der Waals surface area contributed by atoms with E-state index < -0.39 is 0 Å². The largest absolute Gasteiger partial charge is 0.335 e. The van der Waals surface area contributed by atoms with Crippen molar-refractivity contribution in [2.75, 3.05) is 6.54 Å². The van der Waals surface area contributed by atoms with Crippen LogP contribution in [0.4, 0.5) is 5.69 Å². The summed E-state index contributed by atoms with van der Waals surface area (Å²) in [7, 11) is 0. The van der Waals surface area contributed by atoms with Crippen LogP contribution in [0, 0.1) is 12.8 Å². The molecule has 1 saturated heterocycles. The lowest BCUT2D eigenvalue weighted by Gasteiger charge is -2.54. The molecule has 2 bridgehead atoms. The Morgan fingerprint density at radius 1 is 1.06 bits per heavy atom. The fourth-order valence-corrected chi connectivity index (χ4v) is 6.00. The van der Waals surface area contributed by atoms with E-state index >= 15 is 0 Å². The van der Waals surface area contributed by atoms with Gasteiger partial charge in [0, 0.05) is 36.3 Å². The summed E-state index contributed by atoms with van der Waals surface area (Å²) in [6, 6.07) is 16.9. The van der Waals surface area contributed by atoms with E-state index in [1.165, 1.54) is 11.1 Å². The Morgan fingerprint density at radius 2 is 1.94 bits per heavy atom. The van der Waals surface area contributed by atoms with E-state index in [0.717, 1.165) is 59.6 Å². The molecule has 166 valence electrons. The van der Waals surface area contributed by atoms with Crippen LogP contribution >= 0.6 is 0 Å². The highest BCUT2D eigenvalue weighted by Gasteiger charge is 2.49. The van der Waals surface area contributed by atoms with Crippen molar-refractivity contribution in [3.8, 4) is 11.3 Å². The maximum Gasteiger partial charge on any atom is 0.254 e. The summed E-state index contributed by atoms with van der Waals surface area (Å²) in [4.78, 5) is 20.1. The molecule has 2 aliphatic heterocycles. The molecule has 5 heteroatoms. The Labute approximate surface area is 194 Å². The summed E-state index contributed by atoms with van der Waals surface area (Å²) in [5.41, 5.74) is 8.68. The lowest BCUT2D eigenvalue weighted by atomic mass is 9.58. The molecule has 3 aliphatic rings. The minimum Gasteiger partial charge on any atom is -0.335 e. The van der Waals surface area contributed by atoms with Gasteiger partial charge < -0.3 is 4.90 Å². The number of hydrogen-bond acceptors (Lipinski definition) is 4. The second-order valence-corrected chi connectivity index (χ2v) is 10.0. The molecule has 6 rings (SSSR count). The van der Waals surface area contributed by atoms with E-state index in [1.54, 1.807) is 0 Å². The predicted molar refractivity (Wildman–Crippen MR) is 130 cm³/mol. The number of fused-ring (bicyclic) bond motifs is 5. The van der Waals surface area contributed by atoms with Gasteiger partial charge in [-0.2, -0.15) is 10.2 Å². The molecule has 33 heavy (non-hydrogen) atoms. The van der Waals surface area contributed by atoms with Gasteiger partial charge in [0.15, 0.2) is 0 Å². The first-order valence-electron chi connectivity index (χ1n) is 11.8. The summed E-state index contributed by atoms with van der Waals surface area (Å²) >= 11 is 0. The van der Waals surface area contributed by atoms with Crippen LogP contribution in [-0.4, -0.2) is 39.8 Å². The zero-order valence-electron chi connectivity index (χ0n) is 19.4. The number of rotatable bonds is 2. The van der Waals surface area contributed by atoms with Crippen LogP contribution in [0.15, 0.2) is 53.5 Å². The Bertz CT molecular complexity index is 1300. The number of aryl methyl sites for hydroxylation is 1. The van der Waals surface area contributed by atoms with E-state index in [0.29, 0.717) is 5.92 Å². The molecule has 0 radical (unpaired) electrons. The molecule has 3 aromatic rings. The highest BCUT2D eigenvalue weighted by atomic mass is 16.2. The fraction of sp³-hybridized carbons (Fsp3) is 0.357. The van der Waals surface area contributed by atoms with Gasteiger partial charge in [0.2, 0.25) is 0 Å². The Balaban J connectivity index is 1.33. The summed E-state index contributed by atoms with van der Waals surface area (Å²) in [6.07, 6.45) is 4.59. The number of likely N-dealkylation sites (tertiary alicyclic amines) is 1. The monoisotopic (exact) mass is 436 g/mol. The van der Waals surface area contributed by atoms with E-state index in [2.05, 4.69) is 52.1 Å². The van der Waals surface area contributed by atoms with Crippen LogP contribution < -0.4 is 0 Å². The van der Waals surface area contributed by atoms with E-state index in [1.807, 2.05) is 43.5 Å². The lowest BCUT2D eigenvalue weighted by molar-refractivity contribution is 0.0251. The van der Waals surface area contributed by atoms with Gasteiger partial charge in [-0.15, -0.1) is 0 Å². The standard InChI is InChI=1S/C28H28N4O/c1-17-4-8-25(31-30-17)20-6-5-19-16-26-18(2)28(3,23(19)15-20)11-13-32(26)27(33)22-7-9-24-21(14-22)10-12-29-24/h4-9,12,14-15,18,26H,10-11,13,16H2,1-3H3/t18-,26-,28-/m1/s1. The lowest BCUT2D eigenvalue weighted by Crippen LogP contribution is -2.59. The van der Waals surface area contributed by atoms with Crippen LogP contribution in [0.5, 0.6) is 0 Å². The van der Waals surface area contributed by atoms with Crippen molar-refractivity contribution in [2.45, 2.75) is 51.5 Å². The zero-order valence-corrected chi connectivity index (χ0v) is 19.4. The third-order valence-electron chi connectivity index (χ3n) is 8.23. The summed E-state index contributed by atoms with van der Waals surface area (Å²) < 4.78 is 0. The van der Waals surface area contributed by atoms with E-state index in [9.17, 15) is 4.79 Å². The van der Waals surface area contributed by atoms with Gasteiger partial charge in [-0.1, -0.05) is 26.0 Å². The van der Waals surface area contributed by atoms with Crippen LogP contribution in [0.1, 0.15) is 53.0 Å². The SMILES string of the molecule is Cc1ccc(-c2ccc3c(c2)[C@]2(C)CCN(C(=O)c4ccc5c(c4)CC=N5)[C@H](C3)[C@H]2C)nn1. The van der Waals surface area contributed by atoms with E-state index in [-0.39, 0.29) is 17.4 Å². The number of aliphatic imine (C=N–C) groups is 1. The Hall–Kier alpha value is -3.34. The quantitative estimate of drug-likeness (QED) is 0.563. The average Bonchev–Trinajstić information content (AvgIpc) is 3.29. The molecular weight excluding hydrogens is 408 g/mol. The van der Waals surface area contributed by atoms with Gasteiger partial charge in [-0.25, -0.2) is 0 Å². The molecule has 0 saturated carbocycles. The predicted octanol–water partition coefficient (Wildman–Crippen LogP) is 5.08. The first-order chi connectivity index (χ1) is 15.9. The van der Waals surface area contributed by atoms with Gasteiger partial charge in [0.1, 0.15) is 0 Å². The highest BCUT2D eigenvalue weighted by molar-refractivity contribution is 5.96. The van der Waals surface area contributed by atoms with Gasteiger partial charge in [-0.05, 0) is 84.2 Å². The summed E-state index contributed by atoms with van der Waals surface area (Å²) in [6.45, 7) is 7.44. The maximum absolute atomic E-state index is 13.6. The molecule has 3 heterocycles. The average molecular weight is 437 g/mol. The number of carbonyl (C=O) groups is 1. The van der Waals surface area contributed by atoms with Crippen LogP contribution in [0.2, 0.25) is 0 Å². The van der Waals surface area contributed by atoms with Gasteiger partial charge in [0.25, 0.3) is 5.91 Å². The number of hydrogen-bond donors (Lipinski definition) is 0. The number of amides is 1. The molecule has 2 aromatic carbocycles. The second kappa shape index (κ2) is 7.34. The number of nitrogens with zero attached hydrogens (tertiary/aromatic N) is 4. The second-order valence-electron chi connectivity index (χ2n) is 10.0. The van der Waals surface area contributed by atoms with Gasteiger partial charge in [-0.3, -0.25) is 9.79 Å². The van der Waals surface area contributed by atoms with Gasteiger partial charge >= 0.3 is 0 Å². The molecule has 1 aliphatic carbocycles. The first kappa shape index (κ1) is 20.3. The molecular formula is C28H28N4O. The van der Waals surface area contributed by atoms with Crippen molar-refractivity contribution in [1.82, 2.24) is 15.1 Å². The highest BCUT2D eigenvalue weighted by Crippen LogP contribution is 2.49. The summed E-state index contributed by atoms with van der Waals surface area (Å²) in [5.74, 6) is 0.526. The minimum atomic E-state index is 0.0366. The molecule has 5 nitrogen and oxygen atoms in total. The molecule has 0 unspecified atom stereocenters. The zero-order chi connectivity index (χ0) is 22.7. The number of benzene rings is 2. The molecule has 1 fully saturated rings. The Kier molecular flexibility index (Phi) is 4.51. The van der Waals surface area contributed by atoms with Crippen molar-refractivity contribution in [3.05, 3.63) is 76.5 Å². The molecule has 3 atom stereocenters. The van der Waals surface area contributed by atoms with E-state index in [4.69, 9.17) is 0 Å². The molecule has 1 aromatic heterocycles. The van der Waals surface area contributed by atoms with Crippen molar-refractivity contribution in [3.63, 3.8) is 0 Å². The maximum atomic E-state index is 13.6. The van der Waals surface area contributed by atoms with Crippen molar-refractivity contribution in [2.24, 2.45) is 10.9 Å². The van der Waals surface area contributed by atoms with Crippen LogP contribution in [0.3, 0.4) is 0 Å². The summed E-state index contributed by atoms with van der Waals surface area (Å²) in [5, 5.41) is 8.64. The number of piperidine rings is 1. The molecule has 0 spiro atoms. The number of aromatic nitrogens is 2. The molecule has 1 amide bonds. The van der Waals surface area contributed by atoms with Crippen LogP contribution in [0.25, 0.3) is 11.3 Å². The minimum absolute atomic E-state index is 0.0366. The van der Waals surface area contributed by atoms with Gasteiger partial charge in [0.05, 0.1) is 17.1 Å². The third kappa shape index (κ3) is 3.13. The van der Waals surface area contributed by atoms with Crippen molar-refractivity contribution in [1.29, 1.82) is 0 Å². The van der Waals surface area contributed by atoms with Crippen molar-refractivity contribution >= 4 is 17.8 Å².